The number of nitrogens with one attached hydrogen (secondary N) is 2. The zero-order chi connectivity index (χ0) is 13.9. The summed E-state index contributed by atoms with van der Waals surface area (Å²) in [6.07, 6.45) is -5.01. The SMILES string of the molecule is Cc1csc(NC(=O)C(C)NC(=O)C(F)(F)F)n1. The van der Waals surface area contributed by atoms with Crippen LogP contribution in [0.2, 0.25) is 0 Å². The summed E-state index contributed by atoms with van der Waals surface area (Å²) in [6, 6.07) is -1.30. The minimum Gasteiger partial charge on any atom is -0.337 e. The first kappa shape index (κ1) is 14.4. The van der Waals surface area contributed by atoms with Crippen LogP contribution in [-0.2, 0) is 9.59 Å². The maximum Gasteiger partial charge on any atom is 0.471 e. The number of carbonyl (C=O) groups excluding carboxylic acids is 2. The predicted molar refractivity (Wildman–Crippen MR) is 59.1 cm³/mol. The van der Waals surface area contributed by atoms with E-state index in [0.717, 1.165) is 18.3 Å². The maximum atomic E-state index is 11.9. The number of anilines is 1. The summed E-state index contributed by atoms with van der Waals surface area (Å²) in [5.74, 6) is -2.91. The van der Waals surface area contributed by atoms with Crippen LogP contribution >= 0.6 is 11.3 Å². The van der Waals surface area contributed by atoms with Gasteiger partial charge in [0, 0.05) is 5.38 Å². The number of aryl methyl sites for hydroxylation is 1. The molecule has 9 heteroatoms. The quantitative estimate of drug-likeness (QED) is 0.881. The molecule has 2 amide bonds. The predicted octanol–water partition coefficient (Wildman–Crippen LogP) is 1.46. The van der Waals surface area contributed by atoms with E-state index >= 15 is 0 Å². The van der Waals surface area contributed by atoms with E-state index < -0.39 is 24.0 Å². The van der Waals surface area contributed by atoms with Gasteiger partial charge in [-0.05, 0) is 13.8 Å². The minimum atomic E-state index is -5.01. The standard InChI is InChI=1S/C9H10F3N3O2S/c1-4-3-18-8(13-4)15-6(16)5(2)14-7(17)9(10,11)12/h3,5H,1-2H3,(H,14,17)(H,13,15,16). The highest BCUT2D eigenvalue weighted by molar-refractivity contribution is 7.13. The zero-order valence-electron chi connectivity index (χ0n) is 9.46. The lowest BCUT2D eigenvalue weighted by atomic mass is 10.3. The molecule has 0 aliphatic carbocycles. The second kappa shape index (κ2) is 5.34. The largest absolute Gasteiger partial charge is 0.471 e. The fourth-order valence-electron chi connectivity index (χ4n) is 0.969. The fraction of sp³-hybridized carbons (Fsp3) is 0.444. The first-order valence-electron chi connectivity index (χ1n) is 4.81. The summed E-state index contributed by atoms with van der Waals surface area (Å²) in [5.41, 5.74) is 0.683. The number of nitrogens with zero attached hydrogens (tertiary/aromatic N) is 1. The molecular weight excluding hydrogens is 271 g/mol. The first-order valence-corrected chi connectivity index (χ1v) is 5.69. The molecule has 0 bridgehead atoms. The van der Waals surface area contributed by atoms with Crippen molar-refractivity contribution in [1.82, 2.24) is 10.3 Å². The van der Waals surface area contributed by atoms with Crippen LogP contribution in [0.25, 0.3) is 0 Å². The van der Waals surface area contributed by atoms with Gasteiger partial charge in [0.1, 0.15) is 6.04 Å². The van der Waals surface area contributed by atoms with Crippen LogP contribution < -0.4 is 10.6 Å². The normalized spacial score (nSPS) is 12.9. The van der Waals surface area contributed by atoms with E-state index in [0.29, 0.717) is 5.69 Å². The average Bonchev–Trinajstić information content (AvgIpc) is 2.62. The number of alkyl halides is 3. The number of carbonyl (C=O) groups is 2. The summed E-state index contributed by atoms with van der Waals surface area (Å²) in [4.78, 5) is 26.0. The van der Waals surface area contributed by atoms with Crippen LogP contribution in [0.5, 0.6) is 0 Å². The number of hydrogen-bond donors (Lipinski definition) is 2. The van der Waals surface area contributed by atoms with Gasteiger partial charge in [-0.2, -0.15) is 13.2 Å². The van der Waals surface area contributed by atoms with E-state index in [1.54, 1.807) is 17.6 Å². The Labute approximate surface area is 104 Å². The van der Waals surface area contributed by atoms with Gasteiger partial charge in [-0.3, -0.25) is 9.59 Å². The van der Waals surface area contributed by atoms with Gasteiger partial charge in [0.2, 0.25) is 5.91 Å². The molecule has 0 aromatic carbocycles. The van der Waals surface area contributed by atoms with Crippen molar-refractivity contribution >= 4 is 28.3 Å². The van der Waals surface area contributed by atoms with Gasteiger partial charge < -0.3 is 10.6 Å². The molecule has 1 aromatic rings. The van der Waals surface area contributed by atoms with E-state index in [1.807, 2.05) is 0 Å². The lowest BCUT2D eigenvalue weighted by Gasteiger charge is -2.14. The third-order valence-electron chi connectivity index (χ3n) is 1.85. The Kier molecular flexibility index (Phi) is 4.28. The number of thiazole rings is 1. The van der Waals surface area contributed by atoms with Gasteiger partial charge in [-0.25, -0.2) is 4.98 Å². The summed E-state index contributed by atoms with van der Waals surface area (Å²) in [7, 11) is 0. The fourth-order valence-corrected chi connectivity index (χ4v) is 1.66. The van der Waals surface area contributed by atoms with Crippen molar-refractivity contribution < 1.29 is 22.8 Å². The Hall–Kier alpha value is -1.64. The Morgan fingerprint density at radius 2 is 2.06 bits per heavy atom. The van der Waals surface area contributed by atoms with Crippen molar-refractivity contribution in [2.75, 3.05) is 5.32 Å². The van der Waals surface area contributed by atoms with E-state index in [1.165, 1.54) is 0 Å². The maximum absolute atomic E-state index is 11.9. The van der Waals surface area contributed by atoms with E-state index in [4.69, 9.17) is 0 Å². The van der Waals surface area contributed by atoms with Crippen LogP contribution in [-0.4, -0.2) is 29.0 Å². The van der Waals surface area contributed by atoms with Crippen LogP contribution in [0.1, 0.15) is 12.6 Å². The topological polar surface area (TPSA) is 71.1 Å². The lowest BCUT2D eigenvalue weighted by Crippen LogP contribution is -2.47. The van der Waals surface area contributed by atoms with Gasteiger partial charge in [0.25, 0.3) is 0 Å². The number of hydrogen-bond acceptors (Lipinski definition) is 4. The molecule has 1 rings (SSSR count). The van der Waals surface area contributed by atoms with Crippen molar-refractivity contribution in [3.63, 3.8) is 0 Å². The Balaban J connectivity index is 2.54. The number of aromatic nitrogens is 1. The van der Waals surface area contributed by atoms with Gasteiger partial charge in [-0.15, -0.1) is 11.3 Å². The molecule has 1 atom stereocenters. The van der Waals surface area contributed by atoms with Gasteiger partial charge in [0.05, 0.1) is 5.69 Å². The molecule has 1 heterocycles. The summed E-state index contributed by atoms with van der Waals surface area (Å²) >= 11 is 1.14. The second-order valence-corrected chi connectivity index (χ2v) is 4.33. The molecule has 0 aliphatic heterocycles. The molecule has 0 saturated heterocycles. The zero-order valence-corrected chi connectivity index (χ0v) is 10.3. The van der Waals surface area contributed by atoms with Crippen LogP contribution in [0.15, 0.2) is 5.38 Å². The first-order chi connectivity index (χ1) is 8.20. The van der Waals surface area contributed by atoms with E-state index in [-0.39, 0.29) is 5.13 Å². The molecule has 0 saturated carbocycles. The van der Waals surface area contributed by atoms with Crippen molar-refractivity contribution in [2.45, 2.75) is 26.1 Å². The van der Waals surface area contributed by atoms with Crippen LogP contribution in [0.3, 0.4) is 0 Å². The molecule has 0 aliphatic rings. The monoisotopic (exact) mass is 281 g/mol. The van der Waals surface area contributed by atoms with Gasteiger partial charge in [0.15, 0.2) is 5.13 Å². The highest BCUT2D eigenvalue weighted by Gasteiger charge is 2.40. The summed E-state index contributed by atoms with van der Waals surface area (Å²) < 4.78 is 35.8. The highest BCUT2D eigenvalue weighted by Crippen LogP contribution is 2.16. The average molecular weight is 281 g/mol. The smallest absolute Gasteiger partial charge is 0.337 e. The summed E-state index contributed by atoms with van der Waals surface area (Å²) in [6.45, 7) is 2.86. The molecule has 1 unspecified atom stereocenters. The number of halogens is 3. The molecule has 2 N–H and O–H groups in total. The molecule has 0 fully saturated rings. The molecule has 0 radical (unpaired) electrons. The van der Waals surface area contributed by atoms with Gasteiger partial charge in [-0.1, -0.05) is 0 Å². The van der Waals surface area contributed by atoms with Crippen molar-refractivity contribution in [3.05, 3.63) is 11.1 Å². The van der Waals surface area contributed by atoms with Crippen molar-refractivity contribution in [3.8, 4) is 0 Å². The second-order valence-electron chi connectivity index (χ2n) is 3.48. The van der Waals surface area contributed by atoms with Crippen molar-refractivity contribution in [2.24, 2.45) is 0 Å². The highest BCUT2D eigenvalue weighted by atomic mass is 32.1. The van der Waals surface area contributed by atoms with Crippen molar-refractivity contribution in [1.29, 1.82) is 0 Å². The lowest BCUT2D eigenvalue weighted by molar-refractivity contribution is -0.174. The van der Waals surface area contributed by atoms with Crippen LogP contribution in [0.4, 0.5) is 18.3 Å². The minimum absolute atomic E-state index is 0.269. The molecule has 100 valence electrons. The van der Waals surface area contributed by atoms with E-state index in [9.17, 15) is 22.8 Å². The third-order valence-corrected chi connectivity index (χ3v) is 2.72. The Bertz CT molecular complexity index is 458. The number of amides is 2. The number of rotatable bonds is 3. The summed E-state index contributed by atoms with van der Waals surface area (Å²) in [5, 5.41) is 5.80. The van der Waals surface area contributed by atoms with Crippen LogP contribution in [0, 0.1) is 6.92 Å². The molecule has 5 nitrogen and oxygen atoms in total. The molecule has 0 spiro atoms. The Morgan fingerprint density at radius 3 is 2.50 bits per heavy atom. The van der Waals surface area contributed by atoms with Gasteiger partial charge >= 0.3 is 12.1 Å². The molecular formula is C9H10F3N3O2S. The molecule has 18 heavy (non-hydrogen) atoms. The third kappa shape index (κ3) is 3.99. The Morgan fingerprint density at radius 1 is 1.44 bits per heavy atom. The molecule has 1 aromatic heterocycles. The van der Waals surface area contributed by atoms with E-state index in [2.05, 4.69) is 10.3 Å².